The molecule has 0 aromatic heterocycles. The summed E-state index contributed by atoms with van der Waals surface area (Å²) in [6.45, 7) is 2.83. The van der Waals surface area contributed by atoms with Crippen LogP contribution in [0.5, 0.6) is 0 Å². The highest BCUT2D eigenvalue weighted by molar-refractivity contribution is 8.13. The molecule has 0 aliphatic heterocycles. The lowest BCUT2D eigenvalue weighted by molar-refractivity contribution is 0.0951. The molecule has 1 aliphatic rings. The first-order chi connectivity index (χ1) is 8.38. The first-order valence-corrected chi connectivity index (χ1v) is 8.02. The Balaban J connectivity index is 1.98. The molecule has 0 spiro atoms. The summed E-state index contributed by atoms with van der Waals surface area (Å²) in [6.07, 6.45) is 1.16. The molecule has 1 saturated carbocycles. The fraction of sp³-hybridized carbons (Fsp3) is 0.417. The van der Waals surface area contributed by atoms with Gasteiger partial charge in [-0.25, -0.2) is 8.42 Å². The molecular formula is C12H14ClNO3S. The number of halogens is 1. The van der Waals surface area contributed by atoms with Gasteiger partial charge in [0.05, 0.1) is 4.90 Å². The molecule has 1 aromatic rings. The van der Waals surface area contributed by atoms with Crippen molar-refractivity contribution < 1.29 is 13.2 Å². The van der Waals surface area contributed by atoms with E-state index in [1.54, 1.807) is 0 Å². The number of benzene rings is 1. The van der Waals surface area contributed by atoms with E-state index in [0.717, 1.165) is 6.42 Å². The molecule has 1 fully saturated rings. The molecule has 0 bridgehead atoms. The minimum atomic E-state index is -3.73. The third-order valence-corrected chi connectivity index (χ3v) is 4.57. The molecule has 1 amide bonds. The van der Waals surface area contributed by atoms with Gasteiger partial charge >= 0.3 is 0 Å². The molecule has 1 aromatic carbocycles. The van der Waals surface area contributed by atoms with E-state index >= 15 is 0 Å². The van der Waals surface area contributed by atoms with Crippen molar-refractivity contribution in [1.82, 2.24) is 5.32 Å². The number of hydrogen-bond donors (Lipinski definition) is 1. The van der Waals surface area contributed by atoms with Crippen molar-refractivity contribution in [3.05, 3.63) is 29.8 Å². The summed E-state index contributed by atoms with van der Waals surface area (Å²) < 4.78 is 22.1. The molecule has 0 heterocycles. The quantitative estimate of drug-likeness (QED) is 0.862. The summed E-state index contributed by atoms with van der Waals surface area (Å²) in [6, 6.07) is 5.58. The molecule has 2 atom stereocenters. The molecule has 2 rings (SSSR count). The van der Waals surface area contributed by atoms with Crippen LogP contribution < -0.4 is 5.32 Å². The van der Waals surface area contributed by atoms with Crippen molar-refractivity contribution in [1.29, 1.82) is 0 Å². The van der Waals surface area contributed by atoms with E-state index in [4.69, 9.17) is 10.7 Å². The molecule has 0 radical (unpaired) electrons. The van der Waals surface area contributed by atoms with Gasteiger partial charge in [0.15, 0.2) is 0 Å². The summed E-state index contributed by atoms with van der Waals surface area (Å²) in [5.41, 5.74) is 0.437. The van der Waals surface area contributed by atoms with Gasteiger partial charge in [-0.15, -0.1) is 0 Å². The lowest BCUT2D eigenvalue weighted by Crippen LogP contribution is -2.25. The van der Waals surface area contributed by atoms with Crippen molar-refractivity contribution in [2.24, 2.45) is 11.8 Å². The van der Waals surface area contributed by atoms with Crippen LogP contribution in [0, 0.1) is 11.8 Å². The third-order valence-electron chi connectivity index (χ3n) is 3.20. The van der Waals surface area contributed by atoms with Crippen LogP contribution in [0.25, 0.3) is 0 Å². The maximum absolute atomic E-state index is 11.8. The first kappa shape index (κ1) is 13.4. The highest BCUT2D eigenvalue weighted by Gasteiger charge is 2.32. The topological polar surface area (TPSA) is 63.2 Å². The van der Waals surface area contributed by atoms with Crippen LogP contribution >= 0.6 is 10.7 Å². The monoisotopic (exact) mass is 287 g/mol. The maximum Gasteiger partial charge on any atom is 0.261 e. The normalized spacial score (nSPS) is 22.6. The molecule has 1 aliphatic carbocycles. The molecule has 4 nitrogen and oxygen atoms in total. The van der Waals surface area contributed by atoms with E-state index in [0.29, 0.717) is 23.9 Å². The van der Waals surface area contributed by atoms with Gasteiger partial charge in [-0.05, 0) is 42.5 Å². The zero-order chi connectivity index (χ0) is 13.3. The van der Waals surface area contributed by atoms with Gasteiger partial charge in [-0.1, -0.05) is 6.92 Å². The smallest absolute Gasteiger partial charge is 0.261 e. The van der Waals surface area contributed by atoms with Crippen LogP contribution in [0.1, 0.15) is 23.7 Å². The molecule has 6 heteroatoms. The van der Waals surface area contributed by atoms with Crippen LogP contribution in [0.15, 0.2) is 29.2 Å². The maximum atomic E-state index is 11.8. The summed E-state index contributed by atoms with van der Waals surface area (Å²) in [5, 5.41) is 2.83. The number of carbonyl (C=O) groups is 1. The largest absolute Gasteiger partial charge is 0.352 e. The average Bonchev–Trinajstić information content (AvgIpc) is 3.01. The number of amides is 1. The van der Waals surface area contributed by atoms with E-state index in [1.807, 2.05) is 0 Å². The number of carbonyl (C=O) groups excluding carboxylic acids is 1. The van der Waals surface area contributed by atoms with E-state index < -0.39 is 9.05 Å². The Kier molecular flexibility index (Phi) is 3.64. The highest BCUT2D eigenvalue weighted by Crippen LogP contribution is 2.36. The van der Waals surface area contributed by atoms with Crippen molar-refractivity contribution >= 4 is 25.6 Å². The Bertz CT molecular complexity index is 553. The summed E-state index contributed by atoms with van der Waals surface area (Å²) in [7, 11) is 1.46. The Labute approximate surface area is 111 Å². The van der Waals surface area contributed by atoms with Gasteiger partial charge in [0.25, 0.3) is 15.0 Å². The third kappa shape index (κ3) is 3.23. The standard InChI is InChI=1S/C12H14ClNO3S/c1-8-6-10(8)7-14-12(15)9-2-4-11(5-3-9)18(13,16)17/h2-5,8,10H,6-7H2,1H3,(H,14,15). The lowest BCUT2D eigenvalue weighted by atomic mass is 10.2. The van der Waals surface area contributed by atoms with Crippen molar-refractivity contribution in [2.75, 3.05) is 6.54 Å². The summed E-state index contributed by atoms with van der Waals surface area (Å²) in [4.78, 5) is 11.7. The minimum Gasteiger partial charge on any atom is -0.352 e. The Morgan fingerprint density at radius 1 is 1.39 bits per heavy atom. The second-order valence-electron chi connectivity index (χ2n) is 4.65. The first-order valence-electron chi connectivity index (χ1n) is 5.71. The van der Waals surface area contributed by atoms with Crippen LogP contribution in [0.4, 0.5) is 0 Å². The van der Waals surface area contributed by atoms with Crippen LogP contribution in [-0.2, 0) is 9.05 Å². The SMILES string of the molecule is CC1CC1CNC(=O)c1ccc(S(=O)(=O)Cl)cc1. The van der Waals surface area contributed by atoms with Gasteiger partial charge in [-0.2, -0.15) is 0 Å². The van der Waals surface area contributed by atoms with Crippen molar-refractivity contribution in [3.8, 4) is 0 Å². The van der Waals surface area contributed by atoms with Crippen LogP contribution in [-0.4, -0.2) is 20.9 Å². The molecular weight excluding hydrogens is 274 g/mol. The molecule has 2 unspecified atom stereocenters. The van der Waals surface area contributed by atoms with Crippen molar-refractivity contribution in [2.45, 2.75) is 18.2 Å². The predicted molar refractivity (Wildman–Crippen MR) is 69.1 cm³/mol. The minimum absolute atomic E-state index is 0.00321. The lowest BCUT2D eigenvalue weighted by Gasteiger charge is -2.04. The fourth-order valence-electron chi connectivity index (χ4n) is 1.78. The van der Waals surface area contributed by atoms with Crippen LogP contribution in [0.2, 0.25) is 0 Å². The summed E-state index contributed by atoms with van der Waals surface area (Å²) >= 11 is 0. The molecule has 1 N–H and O–H groups in total. The Hall–Kier alpha value is -1.07. The van der Waals surface area contributed by atoms with Gasteiger partial charge in [0.2, 0.25) is 0 Å². The fourth-order valence-corrected chi connectivity index (χ4v) is 2.55. The highest BCUT2D eigenvalue weighted by atomic mass is 35.7. The molecule has 0 saturated heterocycles. The number of rotatable bonds is 4. The average molecular weight is 288 g/mol. The van der Waals surface area contributed by atoms with Crippen molar-refractivity contribution in [3.63, 3.8) is 0 Å². The van der Waals surface area contributed by atoms with E-state index in [9.17, 15) is 13.2 Å². The summed E-state index contributed by atoms with van der Waals surface area (Å²) in [5.74, 6) is 1.08. The van der Waals surface area contributed by atoms with Gasteiger partial charge in [0.1, 0.15) is 0 Å². The van der Waals surface area contributed by atoms with Gasteiger partial charge in [-0.3, -0.25) is 4.79 Å². The Morgan fingerprint density at radius 3 is 2.39 bits per heavy atom. The molecule has 98 valence electrons. The zero-order valence-electron chi connectivity index (χ0n) is 9.89. The second kappa shape index (κ2) is 4.90. The van der Waals surface area contributed by atoms with Gasteiger partial charge in [0, 0.05) is 22.8 Å². The zero-order valence-corrected chi connectivity index (χ0v) is 11.5. The molecule has 18 heavy (non-hydrogen) atoms. The van der Waals surface area contributed by atoms with E-state index in [2.05, 4.69) is 12.2 Å². The number of hydrogen-bond acceptors (Lipinski definition) is 3. The number of nitrogens with one attached hydrogen (secondary N) is 1. The second-order valence-corrected chi connectivity index (χ2v) is 7.21. The Morgan fingerprint density at radius 2 is 1.94 bits per heavy atom. The van der Waals surface area contributed by atoms with Gasteiger partial charge < -0.3 is 5.32 Å². The van der Waals surface area contributed by atoms with E-state index in [1.165, 1.54) is 24.3 Å². The van der Waals surface area contributed by atoms with Crippen LogP contribution in [0.3, 0.4) is 0 Å². The van der Waals surface area contributed by atoms with E-state index in [-0.39, 0.29) is 10.8 Å². The predicted octanol–water partition coefficient (Wildman–Crippen LogP) is 2.00.